The van der Waals surface area contributed by atoms with Gasteiger partial charge in [-0.15, -0.1) is 0 Å². The predicted octanol–water partition coefficient (Wildman–Crippen LogP) is 4.23. The Kier molecular flexibility index (Phi) is 7.12. The maximum Gasteiger partial charge on any atom is 0.291 e. The molecule has 0 bridgehead atoms. The van der Waals surface area contributed by atoms with E-state index in [-0.39, 0.29) is 42.7 Å². The number of hydrogen-bond acceptors (Lipinski definition) is 6. The molecule has 2 aromatic rings. The van der Waals surface area contributed by atoms with E-state index in [1.165, 1.54) is 0 Å². The SMILES string of the molecule is CCCCc1cccc2c1OCN(CCOC(c1ccccc1)N1C(=O)CSC1=O)C2=O. The number of aryl methyl sites for hydroxylation is 1. The second-order valence-corrected chi connectivity index (χ2v) is 8.62. The summed E-state index contributed by atoms with van der Waals surface area (Å²) in [4.78, 5) is 40.3. The van der Waals surface area contributed by atoms with Crippen LogP contribution in [0.15, 0.2) is 48.5 Å². The first-order valence-electron chi connectivity index (χ1n) is 10.8. The van der Waals surface area contributed by atoms with Crippen molar-refractivity contribution < 1.29 is 23.9 Å². The monoisotopic (exact) mass is 454 g/mol. The molecule has 0 spiro atoms. The molecule has 2 aromatic carbocycles. The van der Waals surface area contributed by atoms with E-state index in [1.54, 1.807) is 11.0 Å². The maximum absolute atomic E-state index is 13.0. The van der Waals surface area contributed by atoms with E-state index in [1.807, 2.05) is 42.5 Å². The Morgan fingerprint density at radius 2 is 1.91 bits per heavy atom. The van der Waals surface area contributed by atoms with Crippen LogP contribution in [0.2, 0.25) is 0 Å². The molecule has 32 heavy (non-hydrogen) atoms. The highest BCUT2D eigenvalue weighted by Gasteiger charge is 2.37. The number of thioether (sulfide) groups is 1. The van der Waals surface area contributed by atoms with Crippen LogP contribution in [0.4, 0.5) is 4.79 Å². The van der Waals surface area contributed by atoms with Gasteiger partial charge in [-0.05, 0) is 24.5 Å². The maximum atomic E-state index is 13.0. The lowest BCUT2D eigenvalue weighted by Crippen LogP contribution is -2.42. The van der Waals surface area contributed by atoms with Crippen LogP contribution in [-0.4, -0.2) is 52.5 Å². The Balaban J connectivity index is 1.43. The number of ether oxygens (including phenoxy) is 2. The van der Waals surface area contributed by atoms with Crippen molar-refractivity contribution in [3.63, 3.8) is 0 Å². The summed E-state index contributed by atoms with van der Waals surface area (Å²) in [5.41, 5.74) is 2.33. The minimum atomic E-state index is -0.819. The third-order valence-corrected chi connectivity index (χ3v) is 6.35. The summed E-state index contributed by atoms with van der Waals surface area (Å²) in [5.74, 6) is 0.407. The normalized spacial score (nSPS) is 16.8. The molecule has 0 N–H and O–H groups in total. The summed E-state index contributed by atoms with van der Waals surface area (Å²) < 4.78 is 11.9. The van der Waals surface area contributed by atoms with Gasteiger partial charge in [0.15, 0.2) is 13.0 Å². The van der Waals surface area contributed by atoms with Gasteiger partial charge in [0, 0.05) is 12.1 Å². The quantitative estimate of drug-likeness (QED) is 0.564. The van der Waals surface area contributed by atoms with Gasteiger partial charge in [-0.25, -0.2) is 4.90 Å². The van der Waals surface area contributed by atoms with Crippen LogP contribution in [0.25, 0.3) is 0 Å². The Morgan fingerprint density at radius 1 is 1.09 bits per heavy atom. The average Bonchev–Trinajstić information content (AvgIpc) is 3.15. The topological polar surface area (TPSA) is 76.2 Å². The van der Waals surface area contributed by atoms with Crippen molar-refractivity contribution in [3.05, 3.63) is 65.2 Å². The molecule has 8 heteroatoms. The number of carbonyl (C=O) groups excluding carboxylic acids is 3. The lowest BCUT2D eigenvalue weighted by Gasteiger charge is -2.31. The minimum Gasteiger partial charge on any atom is -0.472 e. The van der Waals surface area contributed by atoms with E-state index < -0.39 is 6.23 Å². The Bertz CT molecular complexity index is 981. The smallest absolute Gasteiger partial charge is 0.291 e. The largest absolute Gasteiger partial charge is 0.472 e. The van der Waals surface area contributed by atoms with E-state index >= 15 is 0 Å². The van der Waals surface area contributed by atoms with E-state index in [0.717, 1.165) is 41.5 Å². The standard InChI is InChI=1S/C24H26N2O5S/c1-2-3-8-17-11-7-12-19-21(17)31-16-25(22(19)28)13-14-30-23(18-9-5-4-6-10-18)26-20(27)15-32-24(26)29/h4-7,9-12,23H,2-3,8,13-16H2,1H3. The molecule has 4 rings (SSSR count). The van der Waals surface area contributed by atoms with Crippen LogP contribution < -0.4 is 4.74 Å². The first kappa shape index (κ1) is 22.4. The van der Waals surface area contributed by atoms with E-state index in [4.69, 9.17) is 9.47 Å². The summed E-state index contributed by atoms with van der Waals surface area (Å²) in [6, 6.07) is 14.8. The third kappa shape index (κ3) is 4.66. The highest BCUT2D eigenvalue weighted by molar-refractivity contribution is 8.14. The number of hydrogen-bond donors (Lipinski definition) is 0. The molecule has 1 saturated heterocycles. The fourth-order valence-corrected chi connectivity index (χ4v) is 4.55. The molecule has 0 radical (unpaired) electrons. The molecule has 2 aliphatic rings. The number of fused-ring (bicyclic) bond motifs is 1. The molecule has 168 valence electrons. The third-order valence-electron chi connectivity index (χ3n) is 5.52. The molecule has 0 saturated carbocycles. The lowest BCUT2D eigenvalue weighted by atomic mass is 10.0. The highest BCUT2D eigenvalue weighted by Crippen LogP contribution is 2.32. The van der Waals surface area contributed by atoms with E-state index in [0.29, 0.717) is 16.9 Å². The van der Waals surface area contributed by atoms with Gasteiger partial charge >= 0.3 is 0 Å². The molecule has 3 amide bonds. The van der Waals surface area contributed by atoms with Crippen molar-refractivity contribution in [2.24, 2.45) is 0 Å². The van der Waals surface area contributed by atoms with Gasteiger partial charge in [0.25, 0.3) is 11.1 Å². The van der Waals surface area contributed by atoms with Crippen molar-refractivity contribution in [2.75, 3.05) is 25.6 Å². The van der Waals surface area contributed by atoms with E-state index in [9.17, 15) is 14.4 Å². The summed E-state index contributed by atoms with van der Waals surface area (Å²) in [6.45, 7) is 2.71. The van der Waals surface area contributed by atoms with E-state index in [2.05, 4.69) is 6.92 Å². The number of unbranched alkanes of at least 4 members (excludes halogenated alkanes) is 1. The summed E-state index contributed by atoms with van der Waals surface area (Å²) in [7, 11) is 0. The number of nitrogens with zero attached hydrogens (tertiary/aromatic N) is 2. The van der Waals surface area contributed by atoms with Crippen molar-refractivity contribution >= 4 is 28.8 Å². The molecule has 1 unspecified atom stereocenters. The first-order valence-corrected chi connectivity index (χ1v) is 11.8. The predicted molar refractivity (Wildman–Crippen MR) is 121 cm³/mol. The molecule has 0 aromatic heterocycles. The molecule has 1 fully saturated rings. The van der Waals surface area contributed by atoms with Crippen LogP contribution in [0.1, 0.15) is 47.5 Å². The van der Waals surface area contributed by atoms with Gasteiger partial charge < -0.3 is 14.4 Å². The fraction of sp³-hybridized carbons (Fsp3) is 0.375. The zero-order valence-corrected chi connectivity index (χ0v) is 18.8. The van der Waals surface area contributed by atoms with Gasteiger partial charge in [0.1, 0.15) is 5.75 Å². The Labute approximate surface area is 191 Å². The summed E-state index contributed by atoms with van der Waals surface area (Å²) >= 11 is 0.970. The molecule has 7 nitrogen and oxygen atoms in total. The van der Waals surface area contributed by atoms with Crippen molar-refractivity contribution in [2.45, 2.75) is 32.4 Å². The molecule has 2 heterocycles. The first-order chi connectivity index (χ1) is 15.6. The summed E-state index contributed by atoms with van der Waals surface area (Å²) in [5, 5.41) is -0.324. The molecule has 2 aliphatic heterocycles. The zero-order valence-electron chi connectivity index (χ0n) is 18.0. The van der Waals surface area contributed by atoms with Crippen molar-refractivity contribution in [1.29, 1.82) is 0 Å². The lowest BCUT2D eigenvalue weighted by molar-refractivity contribution is -0.136. The summed E-state index contributed by atoms with van der Waals surface area (Å²) in [6.07, 6.45) is 2.17. The van der Waals surface area contributed by atoms with Gasteiger partial charge in [-0.2, -0.15) is 0 Å². The molecular weight excluding hydrogens is 428 g/mol. The second-order valence-electron chi connectivity index (χ2n) is 7.69. The fourth-order valence-electron chi connectivity index (χ4n) is 3.83. The Hall–Kier alpha value is -2.84. The van der Waals surface area contributed by atoms with Gasteiger partial charge in [0.05, 0.1) is 17.9 Å². The van der Waals surface area contributed by atoms with Crippen molar-refractivity contribution in [1.82, 2.24) is 9.80 Å². The van der Waals surface area contributed by atoms with Gasteiger partial charge in [0.2, 0.25) is 5.91 Å². The number of rotatable bonds is 9. The number of amides is 3. The van der Waals surface area contributed by atoms with Crippen LogP contribution in [0.5, 0.6) is 5.75 Å². The average molecular weight is 455 g/mol. The molecule has 0 aliphatic carbocycles. The Morgan fingerprint density at radius 3 is 2.62 bits per heavy atom. The van der Waals surface area contributed by atoms with Crippen molar-refractivity contribution in [3.8, 4) is 5.75 Å². The molecule has 1 atom stereocenters. The number of benzene rings is 2. The van der Waals surface area contributed by atoms with Gasteiger partial charge in [-0.3, -0.25) is 14.4 Å². The number of imide groups is 1. The van der Waals surface area contributed by atoms with Crippen LogP contribution in [0, 0.1) is 0 Å². The zero-order chi connectivity index (χ0) is 22.5. The highest BCUT2D eigenvalue weighted by atomic mass is 32.2. The number of carbonyl (C=O) groups is 3. The molecular formula is C24H26N2O5S. The second kappa shape index (κ2) is 10.2. The van der Waals surface area contributed by atoms with Crippen LogP contribution in [0.3, 0.4) is 0 Å². The number of para-hydroxylation sites is 1. The minimum absolute atomic E-state index is 0.103. The van der Waals surface area contributed by atoms with Gasteiger partial charge in [-0.1, -0.05) is 67.6 Å². The van der Waals surface area contributed by atoms with Crippen LogP contribution >= 0.6 is 11.8 Å². The van der Waals surface area contributed by atoms with Crippen LogP contribution in [-0.2, 0) is 16.0 Å².